The van der Waals surface area contributed by atoms with Crippen LogP contribution < -0.4 is 5.32 Å². The van der Waals surface area contributed by atoms with E-state index in [4.69, 9.17) is 4.74 Å². The summed E-state index contributed by atoms with van der Waals surface area (Å²) in [7, 11) is 3.90. The third-order valence-electron chi connectivity index (χ3n) is 3.26. The van der Waals surface area contributed by atoms with Gasteiger partial charge in [0, 0.05) is 19.6 Å². The Bertz CT molecular complexity index is 252. The molecule has 2 fully saturated rings. The number of halogens is 1. The van der Waals surface area contributed by atoms with E-state index in [9.17, 15) is 4.79 Å². The highest BCUT2D eigenvalue weighted by Gasteiger charge is 2.39. The van der Waals surface area contributed by atoms with E-state index in [1.165, 1.54) is 0 Å². The fourth-order valence-electron chi connectivity index (χ4n) is 2.32. The van der Waals surface area contributed by atoms with Crippen molar-refractivity contribution in [3.05, 3.63) is 0 Å². The van der Waals surface area contributed by atoms with Gasteiger partial charge in [-0.3, -0.25) is 9.69 Å². The minimum Gasteiger partial charge on any atom is -0.373 e. The Morgan fingerprint density at radius 1 is 1.50 bits per heavy atom. The molecule has 2 aliphatic heterocycles. The Morgan fingerprint density at radius 3 is 2.88 bits per heavy atom. The maximum Gasteiger partial charge on any atom is 0.236 e. The SMILES string of the molecule is CNCC(=O)N1C[C@H]2OCCN(C)[C@H]2C1.Cl. The third kappa shape index (κ3) is 2.66. The third-order valence-corrected chi connectivity index (χ3v) is 3.26. The molecule has 2 heterocycles. The highest BCUT2D eigenvalue weighted by molar-refractivity contribution is 5.85. The van der Waals surface area contributed by atoms with Gasteiger partial charge in [0.1, 0.15) is 0 Å². The van der Waals surface area contributed by atoms with Gasteiger partial charge in [0.2, 0.25) is 5.91 Å². The van der Waals surface area contributed by atoms with E-state index in [-0.39, 0.29) is 24.4 Å². The molecule has 2 saturated heterocycles. The Balaban J connectivity index is 0.00000128. The number of hydrogen-bond donors (Lipinski definition) is 1. The van der Waals surface area contributed by atoms with Crippen LogP contribution in [0.15, 0.2) is 0 Å². The van der Waals surface area contributed by atoms with Crippen LogP contribution in [0, 0.1) is 0 Å². The van der Waals surface area contributed by atoms with Gasteiger partial charge >= 0.3 is 0 Å². The number of nitrogens with one attached hydrogen (secondary N) is 1. The summed E-state index contributed by atoms with van der Waals surface area (Å²) in [5, 5.41) is 2.89. The van der Waals surface area contributed by atoms with Gasteiger partial charge in [-0.05, 0) is 14.1 Å². The number of ether oxygens (including phenoxy) is 1. The zero-order valence-electron chi connectivity index (χ0n) is 9.81. The van der Waals surface area contributed by atoms with Gasteiger partial charge in [-0.25, -0.2) is 0 Å². The topological polar surface area (TPSA) is 44.8 Å². The molecule has 2 atom stereocenters. The number of likely N-dealkylation sites (tertiary alicyclic amines) is 1. The average Bonchev–Trinajstić information content (AvgIpc) is 2.63. The number of rotatable bonds is 2. The largest absolute Gasteiger partial charge is 0.373 e. The maximum atomic E-state index is 11.7. The molecule has 1 amide bonds. The Hall–Kier alpha value is -0.360. The van der Waals surface area contributed by atoms with Gasteiger partial charge in [-0.1, -0.05) is 0 Å². The first kappa shape index (κ1) is 13.7. The van der Waals surface area contributed by atoms with Gasteiger partial charge in [0.25, 0.3) is 0 Å². The number of morpholine rings is 1. The number of fused-ring (bicyclic) bond motifs is 1. The molecule has 0 bridgehead atoms. The summed E-state index contributed by atoms with van der Waals surface area (Å²) in [5.41, 5.74) is 0. The van der Waals surface area contributed by atoms with E-state index in [0.29, 0.717) is 12.6 Å². The molecular weight excluding hydrogens is 230 g/mol. The van der Waals surface area contributed by atoms with Crippen molar-refractivity contribution in [2.24, 2.45) is 0 Å². The van der Waals surface area contributed by atoms with Crippen molar-refractivity contribution in [2.75, 3.05) is 46.9 Å². The normalized spacial score (nSPS) is 29.8. The first-order valence-corrected chi connectivity index (χ1v) is 5.46. The monoisotopic (exact) mass is 249 g/mol. The molecule has 16 heavy (non-hydrogen) atoms. The molecule has 6 heteroatoms. The van der Waals surface area contributed by atoms with Crippen molar-refractivity contribution in [1.29, 1.82) is 0 Å². The van der Waals surface area contributed by atoms with Crippen LogP contribution in [0.25, 0.3) is 0 Å². The fraction of sp³-hybridized carbons (Fsp3) is 0.900. The average molecular weight is 250 g/mol. The Morgan fingerprint density at radius 2 is 2.25 bits per heavy atom. The molecule has 0 aliphatic carbocycles. The van der Waals surface area contributed by atoms with Gasteiger partial charge in [-0.15, -0.1) is 12.4 Å². The van der Waals surface area contributed by atoms with Gasteiger partial charge in [-0.2, -0.15) is 0 Å². The zero-order chi connectivity index (χ0) is 10.8. The van der Waals surface area contributed by atoms with Crippen LogP contribution in [0.4, 0.5) is 0 Å². The van der Waals surface area contributed by atoms with Crippen LogP contribution in [0.3, 0.4) is 0 Å². The second-order valence-corrected chi connectivity index (χ2v) is 4.29. The Kier molecular flexibility index (Phi) is 4.98. The van der Waals surface area contributed by atoms with Crippen molar-refractivity contribution in [3.63, 3.8) is 0 Å². The highest BCUT2D eigenvalue weighted by atomic mass is 35.5. The minimum atomic E-state index is 0. The predicted molar refractivity (Wildman–Crippen MR) is 63.9 cm³/mol. The Labute approximate surface area is 103 Å². The molecule has 2 rings (SSSR count). The number of hydrogen-bond acceptors (Lipinski definition) is 4. The summed E-state index contributed by atoms with van der Waals surface area (Å²) in [4.78, 5) is 15.9. The molecule has 0 radical (unpaired) electrons. The molecule has 94 valence electrons. The lowest BCUT2D eigenvalue weighted by Crippen LogP contribution is -2.48. The molecule has 1 N–H and O–H groups in total. The van der Waals surface area contributed by atoms with E-state index < -0.39 is 0 Å². The van der Waals surface area contributed by atoms with Gasteiger partial charge in [0.15, 0.2) is 0 Å². The molecule has 0 unspecified atom stereocenters. The number of carbonyl (C=O) groups excluding carboxylic acids is 1. The first-order valence-electron chi connectivity index (χ1n) is 5.46. The molecule has 0 aromatic heterocycles. The van der Waals surface area contributed by atoms with E-state index in [2.05, 4.69) is 17.3 Å². The highest BCUT2D eigenvalue weighted by Crippen LogP contribution is 2.21. The van der Waals surface area contributed by atoms with E-state index in [1.54, 1.807) is 7.05 Å². The summed E-state index contributed by atoms with van der Waals surface area (Å²) < 4.78 is 5.67. The van der Waals surface area contributed by atoms with Crippen LogP contribution in [-0.2, 0) is 9.53 Å². The van der Waals surface area contributed by atoms with Gasteiger partial charge in [0.05, 0.1) is 25.3 Å². The molecule has 2 aliphatic rings. The van der Waals surface area contributed by atoms with Crippen LogP contribution in [0.1, 0.15) is 0 Å². The van der Waals surface area contributed by atoms with E-state index >= 15 is 0 Å². The molecule has 0 spiro atoms. The number of amides is 1. The lowest BCUT2D eigenvalue weighted by Gasteiger charge is -2.33. The second-order valence-electron chi connectivity index (χ2n) is 4.29. The molecule has 0 saturated carbocycles. The van der Waals surface area contributed by atoms with Crippen LogP contribution in [0.5, 0.6) is 0 Å². The van der Waals surface area contributed by atoms with Crippen molar-refractivity contribution >= 4 is 18.3 Å². The fourth-order valence-corrected chi connectivity index (χ4v) is 2.32. The van der Waals surface area contributed by atoms with E-state index in [1.807, 2.05) is 4.90 Å². The van der Waals surface area contributed by atoms with Crippen molar-refractivity contribution in [2.45, 2.75) is 12.1 Å². The van der Waals surface area contributed by atoms with Crippen LogP contribution in [-0.4, -0.2) is 74.7 Å². The lowest BCUT2D eigenvalue weighted by molar-refractivity contribution is -0.129. The number of nitrogens with zero attached hydrogens (tertiary/aromatic N) is 2. The zero-order valence-corrected chi connectivity index (χ0v) is 10.6. The molecule has 0 aromatic rings. The summed E-state index contributed by atoms with van der Waals surface area (Å²) >= 11 is 0. The summed E-state index contributed by atoms with van der Waals surface area (Å²) in [6.45, 7) is 3.72. The van der Waals surface area contributed by atoms with Crippen molar-refractivity contribution < 1.29 is 9.53 Å². The van der Waals surface area contributed by atoms with Crippen LogP contribution >= 0.6 is 12.4 Å². The first-order chi connectivity index (χ1) is 7.22. The van der Waals surface area contributed by atoms with Gasteiger partial charge < -0.3 is 15.0 Å². The van der Waals surface area contributed by atoms with Crippen molar-refractivity contribution in [3.8, 4) is 0 Å². The predicted octanol–water partition coefficient (Wildman–Crippen LogP) is -0.831. The number of likely N-dealkylation sites (N-methyl/N-ethyl adjacent to an activating group) is 2. The van der Waals surface area contributed by atoms with Crippen LogP contribution in [0.2, 0.25) is 0 Å². The summed E-state index contributed by atoms with van der Waals surface area (Å²) in [5.74, 6) is 0.170. The molecule has 0 aromatic carbocycles. The second kappa shape index (κ2) is 5.82. The molecule has 5 nitrogen and oxygen atoms in total. The quantitative estimate of drug-likeness (QED) is 0.694. The standard InChI is InChI=1S/C10H19N3O2.ClH/c1-11-5-10(14)13-6-8-9(7-13)15-4-3-12(8)2;/h8-9,11H,3-7H2,1-2H3;1H/t8-,9+;/m0./s1. The lowest BCUT2D eigenvalue weighted by atomic mass is 10.1. The van der Waals surface area contributed by atoms with E-state index in [0.717, 1.165) is 26.2 Å². The maximum absolute atomic E-state index is 11.7. The summed E-state index contributed by atoms with van der Waals surface area (Å²) in [6, 6.07) is 0.388. The van der Waals surface area contributed by atoms with Crippen molar-refractivity contribution in [1.82, 2.24) is 15.1 Å². The number of carbonyl (C=O) groups is 1. The minimum absolute atomic E-state index is 0. The summed E-state index contributed by atoms with van der Waals surface area (Å²) in [6.07, 6.45) is 0.213. The molecular formula is C10H20ClN3O2. The smallest absolute Gasteiger partial charge is 0.236 e.